The van der Waals surface area contributed by atoms with Gasteiger partial charge in [0.15, 0.2) is 5.78 Å². The molecule has 170 valence electrons. The van der Waals surface area contributed by atoms with Gasteiger partial charge in [0.05, 0.1) is 19.1 Å². The number of rotatable bonds is 10. The molecule has 0 aromatic heterocycles. The number of thiol groups is 1. The van der Waals surface area contributed by atoms with Crippen molar-refractivity contribution in [3.05, 3.63) is 47.3 Å². The van der Waals surface area contributed by atoms with Gasteiger partial charge in [0, 0.05) is 42.9 Å². The Bertz CT molecular complexity index is 812. The molecule has 2 fully saturated rings. The Labute approximate surface area is 190 Å². The normalized spacial score (nSPS) is 22.0. The van der Waals surface area contributed by atoms with Crippen molar-refractivity contribution < 1.29 is 18.7 Å². The number of ketones is 1. The molecule has 1 aromatic rings. The summed E-state index contributed by atoms with van der Waals surface area (Å²) in [5.41, 5.74) is 1.62. The van der Waals surface area contributed by atoms with E-state index >= 15 is 0 Å². The van der Waals surface area contributed by atoms with E-state index in [1.54, 1.807) is 25.1 Å². The highest BCUT2D eigenvalue weighted by molar-refractivity contribution is 7.81. The molecule has 0 amide bonds. The molecule has 0 N–H and O–H groups in total. The summed E-state index contributed by atoms with van der Waals surface area (Å²) in [4.78, 5) is 28.8. The SMILES string of the molecule is CCOC(=O)CCN(C)CC=C1CN(C(C(=O)C2CC2)c2ccccc2F)CCC1S. The van der Waals surface area contributed by atoms with E-state index in [4.69, 9.17) is 17.4 Å². The summed E-state index contributed by atoms with van der Waals surface area (Å²) in [5, 5.41) is 0.118. The quantitative estimate of drug-likeness (QED) is 0.336. The van der Waals surface area contributed by atoms with Crippen molar-refractivity contribution in [2.24, 2.45) is 5.92 Å². The molecule has 1 aliphatic heterocycles. The van der Waals surface area contributed by atoms with E-state index in [-0.39, 0.29) is 28.7 Å². The standard InChI is InChI=1S/C24H33FN2O3S/c1-3-30-22(28)12-14-26(2)13-10-18-16-27(15-11-21(18)31)23(24(29)17-8-9-17)19-6-4-5-7-20(19)25/h4-7,10,17,21,23,31H,3,8-9,11-16H2,1-2H3. The predicted molar refractivity (Wildman–Crippen MR) is 123 cm³/mol. The maximum atomic E-state index is 14.6. The molecular weight excluding hydrogens is 415 g/mol. The number of likely N-dealkylation sites (N-methyl/N-ethyl adjacent to an activating group) is 1. The van der Waals surface area contributed by atoms with E-state index in [1.165, 1.54) is 6.07 Å². The fraction of sp³-hybridized carbons (Fsp3) is 0.583. The van der Waals surface area contributed by atoms with Crippen LogP contribution in [0.1, 0.15) is 44.2 Å². The average Bonchev–Trinajstić information content (AvgIpc) is 3.59. The van der Waals surface area contributed by atoms with Crippen molar-refractivity contribution in [2.45, 2.75) is 43.9 Å². The first-order chi connectivity index (χ1) is 14.9. The lowest BCUT2D eigenvalue weighted by Crippen LogP contribution is -2.43. The Hall–Kier alpha value is -1.70. The van der Waals surface area contributed by atoms with E-state index < -0.39 is 6.04 Å². The molecule has 1 aromatic carbocycles. The zero-order valence-corrected chi connectivity index (χ0v) is 19.3. The van der Waals surface area contributed by atoms with Gasteiger partial charge < -0.3 is 9.64 Å². The minimum Gasteiger partial charge on any atom is -0.466 e. The number of ether oxygens (including phenoxy) is 1. The minimum absolute atomic E-state index is 0.0553. The van der Waals surface area contributed by atoms with Gasteiger partial charge in [-0.1, -0.05) is 24.3 Å². The van der Waals surface area contributed by atoms with Crippen LogP contribution in [0.25, 0.3) is 0 Å². The van der Waals surface area contributed by atoms with Crippen LogP contribution in [0.15, 0.2) is 35.9 Å². The molecule has 7 heteroatoms. The van der Waals surface area contributed by atoms with Gasteiger partial charge in [-0.15, -0.1) is 0 Å². The summed E-state index contributed by atoms with van der Waals surface area (Å²) in [5.74, 6) is -0.323. The second-order valence-electron chi connectivity index (χ2n) is 8.47. The van der Waals surface area contributed by atoms with E-state index in [1.807, 2.05) is 7.05 Å². The van der Waals surface area contributed by atoms with Crippen molar-refractivity contribution in [3.8, 4) is 0 Å². The molecule has 1 saturated carbocycles. The van der Waals surface area contributed by atoms with Crippen LogP contribution >= 0.6 is 12.6 Å². The first-order valence-corrected chi connectivity index (χ1v) is 11.7. The van der Waals surface area contributed by atoms with Gasteiger partial charge in [-0.2, -0.15) is 12.6 Å². The number of Topliss-reactive ketones (excluding diaryl/α,β-unsaturated/α-hetero) is 1. The van der Waals surface area contributed by atoms with Crippen LogP contribution in [0.4, 0.5) is 4.39 Å². The van der Waals surface area contributed by atoms with Crippen LogP contribution in [0, 0.1) is 11.7 Å². The highest BCUT2D eigenvalue weighted by Crippen LogP contribution is 2.39. The number of hydrogen-bond acceptors (Lipinski definition) is 6. The second kappa shape index (κ2) is 11.2. The maximum Gasteiger partial charge on any atom is 0.307 e. The summed E-state index contributed by atoms with van der Waals surface area (Å²) < 4.78 is 19.6. The number of esters is 1. The highest BCUT2D eigenvalue weighted by Gasteiger charge is 2.40. The molecule has 1 saturated heterocycles. The molecule has 5 nitrogen and oxygen atoms in total. The minimum atomic E-state index is -0.542. The Kier molecular flexibility index (Phi) is 8.69. The largest absolute Gasteiger partial charge is 0.466 e. The van der Waals surface area contributed by atoms with Crippen LogP contribution in [-0.4, -0.2) is 66.6 Å². The van der Waals surface area contributed by atoms with Crippen LogP contribution in [0.3, 0.4) is 0 Å². The lowest BCUT2D eigenvalue weighted by Gasteiger charge is -2.38. The Morgan fingerprint density at radius 3 is 2.74 bits per heavy atom. The van der Waals surface area contributed by atoms with Crippen LogP contribution < -0.4 is 0 Å². The van der Waals surface area contributed by atoms with Crippen molar-refractivity contribution in [3.63, 3.8) is 0 Å². The molecule has 1 heterocycles. The average molecular weight is 449 g/mol. The number of benzene rings is 1. The molecule has 2 atom stereocenters. The Morgan fingerprint density at radius 1 is 1.32 bits per heavy atom. The number of nitrogens with zero attached hydrogens (tertiary/aromatic N) is 2. The van der Waals surface area contributed by atoms with Gasteiger partial charge in [-0.25, -0.2) is 4.39 Å². The fourth-order valence-electron chi connectivity index (χ4n) is 4.01. The van der Waals surface area contributed by atoms with Gasteiger partial charge in [0.1, 0.15) is 5.82 Å². The first kappa shape index (κ1) is 24.0. The molecule has 0 bridgehead atoms. The van der Waals surface area contributed by atoms with Gasteiger partial charge in [-0.05, 0) is 44.9 Å². The summed E-state index contributed by atoms with van der Waals surface area (Å²) in [6, 6.07) is 6.09. The molecular formula is C24H33FN2O3S. The fourth-order valence-corrected chi connectivity index (χ4v) is 4.31. The third-order valence-corrected chi connectivity index (χ3v) is 6.58. The topological polar surface area (TPSA) is 49.9 Å². The van der Waals surface area contributed by atoms with Gasteiger partial charge in [-0.3, -0.25) is 14.5 Å². The first-order valence-electron chi connectivity index (χ1n) is 11.1. The molecule has 3 rings (SSSR count). The van der Waals surface area contributed by atoms with E-state index in [2.05, 4.69) is 15.9 Å². The van der Waals surface area contributed by atoms with E-state index in [9.17, 15) is 14.0 Å². The number of piperidine rings is 1. The van der Waals surface area contributed by atoms with Crippen LogP contribution in [-0.2, 0) is 14.3 Å². The highest BCUT2D eigenvalue weighted by atomic mass is 32.1. The summed E-state index contributed by atoms with van der Waals surface area (Å²) in [6.07, 6.45) is 5.11. The molecule has 2 aliphatic rings. The van der Waals surface area contributed by atoms with E-state index in [0.717, 1.165) is 24.8 Å². The molecule has 1 aliphatic carbocycles. The third-order valence-electron chi connectivity index (χ3n) is 5.99. The number of carbonyl (C=O) groups is 2. The van der Waals surface area contributed by atoms with Gasteiger partial charge in [0.25, 0.3) is 0 Å². The third kappa shape index (κ3) is 6.64. The lowest BCUT2D eigenvalue weighted by atomic mass is 9.93. The lowest BCUT2D eigenvalue weighted by molar-refractivity contribution is -0.143. The molecule has 2 unspecified atom stereocenters. The number of halogens is 1. The Morgan fingerprint density at radius 2 is 2.06 bits per heavy atom. The van der Waals surface area contributed by atoms with Crippen molar-refractivity contribution >= 4 is 24.4 Å². The van der Waals surface area contributed by atoms with Gasteiger partial charge in [0.2, 0.25) is 0 Å². The molecule has 0 spiro atoms. The smallest absolute Gasteiger partial charge is 0.307 e. The van der Waals surface area contributed by atoms with Crippen molar-refractivity contribution in [2.75, 3.05) is 39.8 Å². The number of hydrogen-bond donors (Lipinski definition) is 1. The molecule has 31 heavy (non-hydrogen) atoms. The zero-order valence-electron chi connectivity index (χ0n) is 18.4. The number of likely N-dealkylation sites (tertiary alicyclic amines) is 1. The molecule has 0 radical (unpaired) electrons. The maximum absolute atomic E-state index is 14.6. The van der Waals surface area contributed by atoms with Crippen molar-refractivity contribution in [1.82, 2.24) is 9.80 Å². The summed E-state index contributed by atoms with van der Waals surface area (Å²) in [7, 11) is 1.96. The van der Waals surface area contributed by atoms with Crippen molar-refractivity contribution in [1.29, 1.82) is 0 Å². The number of carbonyl (C=O) groups excluding carboxylic acids is 2. The monoisotopic (exact) mass is 448 g/mol. The Balaban J connectivity index is 1.69. The van der Waals surface area contributed by atoms with Gasteiger partial charge >= 0.3 is 5.97 Å². The van der Waals surface area contributed by atoms with Crippen LogP contribution in [0.5, 0.6) is 0 Å². The zero-order chi connectivity index (χ0) is 22.4. The van der Waals surface area contributed by atoms with Crippen LogP contribution in [0.2, 0.25) is 0 Å². The summed E-state index contributed by atoms with van der Waals surface area (Å²) in [6.45, 7) is 4.80. The predicted octanol–water partition coefficient (Wildman–Crippen LogP) is 3.66. The second-order valence-corrected chi connectivity index (χ2v) is 9.10. The summed E-state index contributed by atoms with van der Waals surface area (Å²) >= 11 is 4.75. The van der Waals surface area contributed by atoms with E-state index in [0.29, 0.717) is 44.8 Å².